The normalized spacial score (nSPS) is 11.8. The lowest BCUT2D eigenvalue weighted by molar-refractivity contribution is 0.528. The number of halogens is 3. The molecule has 0 saturated carbocycles. The Morgan fingerprint density at radius 3 is 2.25 bits per heavy atom. The van der Waals surface area contributed by atoms with Gasteiger partial charge in [0.15, 0.2) is 0 Å². The summed E-state index contributed by atoms with van der Waals surface area (Å²) >= 11 is 0. The van der Waals surface area contributed by atoms with Gasteiger partial charge < -0.3 is 0 Å². The predicted molar refractivity (Wildman–Crippen MR) is 70.2 cm³/mol. The molecular weight excluding hydrogens is 310 g/mol. The van der Waals surface area contributed by atoms with Crippen LogP contribution in [0.5, 0.6) is 0 Å². The fourth-order valence-electron chi connectivity index (χ4n) is 2.02. The Bertz CT molecular complexity index is 752. The third kappa shape index (κ3) is 2.69. The zero-order chi connectivity index (χ0) is 15.1. The SMILES string of the molecule is Cc1nn(Cc2c(F)cccc2F)c(C)c1S(=O)(=O)Cl. The van der Waals surface area contributed by atoms with E-state index in [1.54, 1.807) is 0 Å². The molecule has 0 amide bonds. The van der Waals surface area contributed by atoms with Gasteiger partial charge in [-0.2, -0.15) is 5.10 Å². The Kier molecular flexibility index (Phi) is 3.84. The smallest absolute Gasteiger partial charge is 0.264 e. The first kappa shape index (κ1) is 14.9. The molecule has 1 heterocycles. The van der Waals surface area contributed by atoms with Crippen LogP contribution in [0.25, 0.3) is 0 Å². The van der Waals surface area contributed by atoms with Gasteiger partial charge in [0.1, 0.15) is 16.5 Å². The van der Waals surface area contributed by atoms with Crippen molar-refractivity contribution < 1.29 is 17.2 Å². The second-order valence-electron chi connectivity index (χ2n) is 4.30. The molecule has 0 saturated heterocycles. The van der Waals surface area contributed by atoms with Crippen LogP contribution < -0.4 is 0 Å². The first-order valence-electron chi connectivity index (χ1n) is 5.63. The molecule has 0 unspecified atom stereocenters. The van der Waals surface area contributed by atoms with Crippen molar-refractivity contribution in [1.29, 1.82) is 0 Å². The van der Waals surface area contributed by atoms with Gasteiger partial charge in [-0.1, -0.05) is 6.07 Å². The van der Waals surface area contributed by atoms with E-state index in [0.29, 0.717) is 0 Å². The standard InChI is InChI=1S/C12H11ClF2N2O2S/c1-7-12(20(13,18)19)8(2)17(16-7)6-9-10(14)4-3-5-11(9)15/h3-5H,6H2,1-2H3. The number of aromatic nitrogens is 2. The summed E-state index contributed by atoms with van der Waals surface area (Å²) in [4.78, 5) is -0.129. The molecule has 0 N–H and O–H groups in total. The summed E-state index contributed by atoms with van der Waals surface area (Å²) in [5, 5.41) is 3.97. The summed E-state index contributed by atoms with van der Waals surface area (Å²) in [5.74, 6) is -1.43. The average molecular weight is 321 g/mol. The molecule has 108 valence electrons. The van der Waals surface area contributed by atoms with E-state index in [-0.39, 0.29) is 28.4 Å². The van der Waals surface area contributed by atoms with E-state index in [9.17, 15) is 17.2 Å². The van der Waals surface area contributed by atoms with E-state index in [2.05, 4.69) is 5.10 Å². The van der Waals surface area contributed by atoms with Gasteiger partial charge >= 0.3 is 0 Å². The molecule has 0 spiro atoms. The fraction of sp³-hybridized carbons (Fsp3) is 0.250. The van der Waals surface area contributed by atoms with Gasteiger partial charge in [-0.25, -0.2) is 17.2 Å². The highest BCUT2D eigenvalue weighted by Gasteiger charge is 2.23. The molecule has 1 aromatic carbocycles. The molecule has 0 aliphatic rings. The van der Waals surface area contributed by atoms with Crippen LogP contribution in [0, 0.1) is 25.5 Å². The lowest BCUT2D eigenvalue weighted by atomic mass is 10.2. The summed E-state index contributed by atoms with van der Waals surface area (Å²) < 4.78 is 51.3. The van der Waals surface area contributed by atoms with Crippen LogP contribution in [0.4, 0.5) is 8.78 Å². The molecule has 8 heteroatoms. The van der Waals surface area contributed by atoms with Gasteiger partial charge in [0.05, 0.1) is 17.9 Å². The van der Waals surface area contributed by atoms with Crippen LogP contribution in [-0.2, 0) is 15.6 Å². The van der Waals surface area contributed by atoms with Crippen LogP contribution in [0.15, 0.2) is 23.1 Å². The second-order valence-corrected chi connectivity index (χ2v) is 6.80. The van der Waals surface area contributed by atoms with Crippen molar-refractivity contribution in [2.24, 2.45) is 0 Å². The maximum absolute atomic E-state index is 13.6. The van der Waals surface area contributed by atoms with E-state index in [1.807, 2.05) is 0 Å². The van der Waals surface area contributed by atoms with Crippen molar-refractivity contribution in [1.82, 2.24) is 9.78 Å². The Morgan fingerprint density at radius 2 is 1.80 bits per heavy atom. The summed E-state index contributed by atoms with van der Waals surface area (Å²) in [5.41, 5.74) is 0.242. The molecule has 4 nitrogen and oxygen atoms in total. The Balaban J connectivity index is 2.52. The number of hydrogen-bond acceptors (Lipinski definition) is 3. The first-order chi connectivity index (χ1) is 9.21. The molecule has 20 heavy (non-hydrogen) atoms. The highest BCUT2D eigenvalue weighted by molar-refractivity contribution is 8.13. The molecular formula is C12H11ClF2N2O2S. The van der Waals surface area contributed by atoms with Gasteiger partial charge in [0, 0.05) is 16.2 Å². The maximum atomic E-state index is 13.6. The number of aryl methyl sites for hydroxylation is 1. The highest BCUT2D eigenvalue weighted by Crippen LogP contribution is 2.24. The summed E-state index contributed by atoms with van der Waals surface area (Å²) in [7, 11) is 1.36. The third-order valence-electron chi connectivity index (χ3n) is 2.93. The van der Waals surface area contributed by atoms with E-state index < -0.39 is 20.7 Å². The summed E-state index contributed by atoms with van der Waals surface area (Å²) in [6.07, 6.45) is 0. The monoisotopic (exact) mass is 320 g/mol. The lowest BCUT2D eigenvalue weighted by Crippen LogP contribution is -2.08. The first-order valence-corrected chi connectivity index (χ1v) is 7.94. The molecule has 0 atom stereocenters. The number of rotatable bonds is 3. The van der Waals surface area contributed by atoms with Gasteiger partial charge in [-0.05, 0) is 26.0 Å². The van der Waals surface area contributed by atoms with E-state index in [1.165, 1.54) is 24.6 Å². The van der Waals surface area contributed by atoms with Crippen LogP contribution in [0.2, 0.25) is 0 Å². The number of hydrogen-bond donors (Lipinski definition) is 0. The van der Waals surface area contributed by atoms with Gasteiger partial charge in [0.25, 0.3) is 9.05 Å². The van der Waals surface area contributed by atoms with Crippen LogP contribution in [0.1, 0.15) is 17.0 Å². The van der Waals surface area contributed by atoms with E-state index in [4.69, 9.17) is 10.7 Å². The maximum Gasteiger partial charge on any atom is 0.264 e. The van der Waals surface area contributed by atoms with Crippen molar-refractivity contribution in [3.05, 3.63) is 46.8 Å². The molecule has 0 radical (unpaired) electrons. The van der Waals surface area contributed by atoms with Gasteiger partial charge in [-0.15, -0.1) is 0 Å². The minimum absolute atomic E-state index is 0.129. The zero-order valence-electron chi connectivity index (χ0n) is 10.7. The van der Waals surface area contributed by atoms with Crippen molar-refractivity contribution in [3.8, 4) is 0 Å². The average Bonchev–Trinajstić information content (AvgIpc) is 2.58. The largest absolute Gasteiger partial charge is 0.264 e. The Morgan fingerprint density at radius 1 is 1.25 bits per heavy atom. The van der Waals surface area contributed by atoms with Crippen molar-refractivity contribution in [2.45, 2.75) is 25.3 Å². The highest BCUT2D eigenvalue weighted by atomic mass is 35.7. The minimum Gasteiger partial charge on any atom is -0.264 e. The van der Waals surface area contributed by atoms with Gasteiger partial charge in [-0.3, -0.25) is 4.68 Å². The van der Waals surface area contributed by atoms with Crippen molar-refractivity contribution in [2.75, 3.05) is 0 Å². The van der Waals surface area contributed by atoms with E-state index in [0.717, 1.165) is 12.1 Å². The Hall–Kier alpha value is -1.47. The molecule has 2 rings (SSSR count). The molecule has 2 aromatic rings. The summed E-state index contributed by atoms with van der Waals surface area (Å²) in [6, 6.07) is 3.51. The minimum atomic E-state index is -3.95. The molecule has 0 fully saturated rings. The van der Waals surface area contributed by atoms with Crippen LogP contribution in [-0.4, -0.2) is 18.2 Å². The van der Waals surface area contributed by atoms with Crippen molar-refractivity contribution in [3.63, 3.8) is 0 Å². The van der Waals surface area contributed by atoms with Crippen LogP contribution >= 0.6 is 10.7 Å². The lowest BCUT2D eigenvalue weighted by Gasteiger charge is -2.07. The third-order valence-corrected chi connectivity index (χ3v) is 4.47. The van der Waals surface area contributed by atoms with Crippen molar-refractivity contribution >= 4 is 19.7 Å². The fourth-order valence-corrected chi connectivity index (χ4v) is 3.54. The molecule has 0 bridgehead atoms. The summed E-state index contributed by atoms with van der Waals surface area (Å²) in [6.45, 7) is 2.74. The number of nitrogens with zero attached hydrogens (tertiary/aromatic N) is 2. The number of benzene rings is 1. The second kappa shape index (κ2) is 5.14. The topological polar surface area (TPSA) is 52.0 Å². The van der Waals surface area contributed by atoms with Crippen LogP contribution in [0.3, 0.4) is 0 Å². The van der Waals surface area contributed by atoms with E-state index >= 15 is 0 Å². The molecule has 0 aliphatic heterocycles. The molecule has 1 aromatic heterocycles. The molecule has 0 aliphatic carbocycles. The quantitative estimate of drug-likeness (QED) is 0.817. The zero-order valence-corrected chi connectivity index (χ0v) is 12.3. The van der Waals surface area contributed by atoms with Gasteiger partial charge in [0.2, 0.25) is 0 Å². The Labute approximate surface area is 119 Å². The predicted octanol–water partition coefficient (Wildman–Crippen LogP) is 2.75.